The Balaban J connectivity index is 2.83. The molecule has 1 aromatic rings. The van der Waals surface area contributed by atoms with E-state index in [0.717, 1.165) is 0 Å². The Labute approximate surface area is 96.3 Å². The fraction of sp³-hybridized carbons (Fsp3) is 0.333. The van der Waals surface area contributed by atoms with Gasteiger partial charge in [-0.1, -0.05) is 11.6 Å². The second-order valence-corrected chi connectivity index (χ2v) is 3.59. The number of carbonyl (C=O) groups excluding carboxylic acids is 1. The van der Waals surface area contributed by atoms with Crippen LogP contribution < -0.4 is 5.73 Å². The topological polar surface area (TPSA) is 117 Å². The van der Waals surface area contributed by atoms with Crippen LogP contribution in [-0.2, 0) is 4.79 Å². The minimum atomic E-state index is -1.38. The van der Waals surface area contributed by atoms with Crippen molar-refractivity contribution in [2.45, 2.75) is 18.6 Å². The molecule has 0 aliphatic heterocycles. The van der Waals surface area contributed by atoms with E-state index in [-0.39, 0.29) is 23.0 Å². The number of aliphatic hydroxyl groups is 2. The first kappa shape index (κ1) is 12.7. The first-order valence-electron chi connectivity index (χ1n) is 4.41. The molecule has 0 aliphatic carbocycles. The highest BCUT2D eigenvalue weighted by molar-refractivity contribution is 6.30. The minimum Gasteiger partial charge on any atom is -0.505 e. The number of aromatic nitrogens is 1. The number of aliphatic hydroxyl groups excluding tert-OH is 2. The summed E-state index contributed by atoms with van der Waals surface area (Å²) in [5.41, 5.74) is 4.92. The third kappa shape index (κ3) is 3.06. The van der Waals surface area contributed by atoms with Gasteiger partial charge in [0.2, 0.25) is 5.91 Å². The first-order valence-corrected chi connectivity index (χ1v) is 4.79. The Morgan fingerprint density at radius 2 is 2.12 bits per heavy atom. The molecule has 88 valence electrons. The highest BCUT2D eigenvalue weighted by Gasteiger charge is 2.22. The molecular formula is C9H11ClN2O4. The third-order valence-corrected chi connectivity index (χ3v) is 2.21. The van der Waals surface area contributed by atoms with E-state index >= 15 is 0 Å². The highest BCUT2D eigenvalue weighted by Crippen LogP contribution is 2.24. The minimum absolute atomic E-state index is 0.0524. The van der Waals surface area contributed by atoms with Gasteiger partial charge in [-0.2, -0.15) is 0 Å². The second kappa shape index (κ2) is 5.11. The van der Waals surface area contributed by atoms with Gasteiger partial charge in [-0.05, 0) is 12.1 Å². The molecule has 0 saturated heterocycles. The number of primary amides is 1. The smallest absolute Gasteiger partial charge is 0.220 e. The molecule has 0 fully saturated rings. The number of pyridine rings is 1. The van der Waals surface area contributed by atoms with E-state index in [0.29, 0.717) is 0 Å². The molecule has 0 bridgehead atoms. The van der Waals surface area contributed by atoms with Gasteiger partial charge in [0.1, 0.15) is 6.10 Å². The average Bonchev–Trinajstić information content (AvgIpc) is 2.20. The fourth-order valence-electron chi connectivity index (χ4n) is 1.12. The van der Waals surface area contributed by atoms with Crippen LogP contribution >= 0.6 is 11.6 Å². The van der Waals surface area contributed by atoms with Crippen LogP contribution in [0.15, 0.2) is 12.1 Å². The summed E-state index contributed by atoms with van der Waals surface area (Å²) in [7, 11) is 0. The molecule has 2 unspecified atom stereocenters. The number of nitrogens with two attached hydrogens (primary N) is 1. The third-order valence-electron chi connectivity index (χ3n) is 1.93. The summed E-state index contributed by atoms with van der Waals surface area (Å²) in [5, 5.41) is 27.9. The van der Waals surface area contributed by atoms with Crippen molar-refractivity contribution in [3.63, 3.8) is 0 Å². The zero-order valence-electron chi connectivity index (χ0n) is 8.17. The summed E-state index contributed by atoms with van der Waals surface area (Å²) in [6.07, 6.45) is -3.13. The molecule has 0 aliphatic rings. The lowest BCUT2D eigenvalue weighted by Crippen LogP contribution is -2.26. The normalized spacial score (nSPS) is 14.4. The average molecular weight is 247 g/mol. The van der Waals surface area contributed by atoms with E-state index in [1.165, 1.54) is 12.1 Å². The van der Waals surface area contributed by atoms with Crippen molar-refractivity contribution in [2.24, 2.45) is 5.73 Å². The second-order valence-electron chi connectivity index (χ2n) is 3.23. The van der Waals surface area contributed by atoms with Gasteiger partial charge in [-0.3, -0.25) is 4.79 Å². The number of aromatic hydroxyl groups is 1. The quantitative estimate of drug-likeness (QED) is 0.545. The van der Waals surface area contributed by atoms with Crippen LogP contribution in [0.25, 0.3) is 0 Å². The number of nitrogens with zero attached hydrogens (tertiary/aromatic N) is 1. The summed E-state index contributed by atoms with van der Waals surface area (Å²) >= 11 is 5.52. The Kier molecular flexibility index (Phi) is 4.05. The largest absolute Gasteiger partial charge is 0.505 e. The van der Waals surface area contributed by atoms with E-state index in [2.05, 4.69) is 4.98 Å². The predicted octanol–water partition coefficient (Wildman–Crippen LogP) is -0.290. The van der Waals surface area contributed by atoms with E-state index in [1.54, 1.807) is 0 Å². The molecule has 16 heavy (non-hydrogen) atoms. The maximum absolute atomic E-state index is 10.5. The molecule has 0 spiro atoms. The summed E-state index contributed by atoms with van der Waals surface area (Å²) in [6, 6.07) is 2.51. The van der Waals surface area contributed by atoms with Crippen LogP contribution in [0.5, 0.6) is 5.75 Å². The lowest BCUT2D eigenvalue weighted by atomic mass is 10.1. The predicted molar refractivity (Wildman–Crippen MR) is 55.7 cm³/mol. The van der Waals surface area contributed by atoms with Crippen molar-refractivity contribution in [3.05, 3.63) is 23.0 Å². The van der Waals surface area contributed by atoms with Crippen LogP contribution in [0, 0.1) is 0 Å². The molecule has 0 saturated carbocycles. The molecular weight excluding hydrogens is 236 g/mol. The van der Waals surface area contributed by atoms with Gasteiger partial charge in [-0.25, -0.2) is 4.98 Å². The lowest BCUT2D eigenvalue weighted by Gasteiger charge is -2.16. The van der Waals surface area contributed by atoms with Gasteiger partial charge in [0.15, 0.2) is 10.9 Å². The lowest BCUT2D eigenvalue weighted by molar-refractivity contribution is -0.121. The van der Waals surface area contributed by atoms with E-state index < -0.39 is 18.1 Å². The van der Waals surface area contributed by atoms with Crippen molar-refractivity contribution in [2.75, 3.05) is 0 Å². The molecule has 6 nitrogen and oxygen atoms in total. The maximum atomic E-state index is 10.5. The Morgan fingerprint density at radius 3 is 2.62 bits per heavy atom. The van der Waals surface area contributed by atoms with Crippen molar-refractivity contribution in [3.8, 4) is 5.75 Å². The summed E-state index contributed by atoms with van der Waals surface area (Å²) in [6.45, 7) is 0. The van der Waals surface area contributed by atoms with Gasteiger partial charge >= 0.3 is 0 Å². The van der Waals surface area contributed by atoms with Gasteiger partial charge in [-0.15, -0.1) is 0 Å². The molecule has 2 atom stereocenters. The zero-order valence-corrected chi connectivity index (χ0v) is 8.92. The van der Waals surface area contributed by atoms with Gasteiger partial charge in [0, 0.05) is 0 Å². The van der Waals surface area contributed by atoms with Crippen LogP contribution in [0.1, 0.15) is 18.2 Å². The van der Waals surface area contributed by atoms with Crippen molar-refractivity contribution < 1.29 is 20.1 Å². The molecule has 1 heterocycles. The van der Waals surface area contributed by atoms with Crippen LogP contribution in [0.2, 0.25) is 5.15 Å². The number of carbonyl (C=O) groups is 1. The Morgan fingerprint density at radius 1 is 1.50 bits per heavy atom. The summed E-state index contributed by atoms with van der Waals surface area (Å²) < 4.78 is 0. The SMILES string of the molecule is NC(=O)CC(O)C(O)c1ccc(O)c(Cl)n1. The monoisotopic (exact) mass is 246 g/mol. The number of halogens is 1. The van der Waals surface area contributed by atoms with Crippen LogP contribution in [0.4, 0.5) is 0 Å². The van der Waals surface area contributed by atoms with Gasteiger partial charge < -0.3 is 21.1 Å². The molecule has 1 amide bonds. The van der Waals surface area contributed by atoms with Crippen molar-refractivity contribution in [1.82, 2.24) is 4.98 Å². The molecule has 1 aromatic heterocycles. The Bertz CT molecular complexity index is 399. The fourth-order valence-corrected chi connectivity index (χ4v) is 1.28. The van der Waals surface area contributed by atoms with Crippen LogP contribution in [-0.4, -0.2) is 32.3 Å². The van der Waals surface area contributed by atoms with E-state index in [1.807, 2.05) is 0 Å². The highest BCUT2D eigenvalue weighted by atomic mass is 35.5. The maximum Gasteiger partial charge on any atom is 0.220 e. The number of rotatable bonds is 4. The summed E-state index contributed by atoms with van der Waals surface area (Å²) in [5.74, 6) is -0.974. The molecule has 0 aromatic carbocycles. The molecule has 5 N–H and O–H groups in total. The number of hydrogen-bond acceptors (Lipinski definition) is 5. The van der Waals surface area contributed by atoms with E-state index in [9.17, 15) is 15.0 Å². The number of hydrogen-bond donors (Lipinski definition) is 4. The van der Waals surface area contributed by atoms with Crippen LogP contribution in [0.3, 0.4) is 0 Å². The zero-order chi connectivity index (χ0) is 12.3. The Hall–Kier alpha value is -1.37. The molecule has 7 heteroatoms. The summed E-state index contributed by atoms with van der Waals surface area (Å²) in [4.78, 5) is 14.2. The molecule has 1 rings (SSSR count). The van der Waals surface area contributed by atoms with Gasteiger partial charge in [0.05, 0.1) is 18.2 Å². The standard InChI is InChI=1S/C9H11ClN2O4/c10-9-5(13)2-1-4(12-9)8(16)6(14)3-7(11)15/h1-2,6,8,13-14,16H,3H2,(H2,11,15). The van der Waals surface area contributed by atoms with Gasteiger partial charge in [0.25, 0.3) is 0 Å². The van der Waals surface area contributed by atoms with Crippen molar-refractivity contribution in [1.29, 1.82) is 0 Å². The van der Waals surface area contributed by atoms with Crippen molar-refractivity contribution >= 4 is 17.5 Å². The van der Waals surface area contributed by atoms with E-state index in [4.69, 9.17) is 22.4 Å². The molecule has 0 radical (unpaired) electrons. The first-order chi connectivity index (χ1) is 7.41. The number of amides is 1.